The van der Waals surface area contributed by atoms with Crippen LogP contribution in [-0.2, 0) is 11.3 Å². The number of nitrogens with zero attached hydrogens (tertiary/aromatic N) is 2. The zero-order valence-electron chi connectivity index (χ0n) is 14.3. The molecule has 0 amide bonds. The number of benzene rings is 1. The van der Waals surface area contributed by atoms with Crippen LogP contribution in [0.3, 0.4) is 0 Å². The molecule has 0 heterocycles. The van der Waals surface area contributed by atoms with Crippen LogP contribution in [-0.4, -0.2) is 51.3 Å². The number of methoxy groups -OCH3 is 1. The lowest BCUT2D eigenvalue weighted by Crippen LogP contribution is -2.38. The standard InChI is InChI=1S/C16H25F2N3O2.HI/c1-4-19-16(20-10-5-11-22-3)21(2)12-13-6-8-14(9-7-13)23-15(17)18;/h6-9,15H,4-5,10-12H2,1-3H3,(H,19,20);1H. The molecule has 24 heavy (non-hydrogen) atoms. The summed E-state index contributed by atoms with van der Waals surface area (Å²) in [5.41, 5.74) is 0.983. The van der Waals surface area contributed by atoms with Crippen molar-refractivity contribution in [3.8, 4) is 5.75 Å². The van der Waals surface area contributed by atoms with Crippen LogP contribution >= 0.6 is 24.0 Å². The molecule has 0 bridgehead atoms. The summed E-state index contributed by atoms with van der Waals surface area (Å²) in [4.78, 5) is 6.52. The molecule has 0 saturated carbocycles. The number of guanidine groups is 1. The smallest absolute Gasteiger partial charge is 0.387 e. The van der Waals surface area contributed by atoms with E-state index in [9.17, 15) is 8.78 Å². The average Bonchev–Trinajstić information content (AvgIpc) is 2.51. The Hall–Kier alpha value is -1.16. The highest BCUT2D eigenvalue weighted by Gasteiger charge is 2.08. The lowest BCUT2D eigenvalue weighted by atomic mass is 10.2. The first-order valence-corrected chi connectivity index (χ1v) is 7.59. The van der Waals surface area contributed by atoms with Gasteiger partial charge in [0.05, 0.1) is 0 Å². The van der Waals surface area contributed by atoms with Crippen LogP contribution in [0.25, 0.3) is 0 Å². The monoisotopic (exact) mass is 457 g/mol. The molecule has 1 rings (SSSR count). The Labute approximate surface area is 159 Å². The van der Waals surface area contributed by atoms with E-state index in [1.807, 2.05) is 18.9 Å². The maximum atomic E-state index is 12.1. The zero-order valence-corrected chi connectivity index (χ0v) is 16.6. The fraction of sp³-hybridized carbons (Fsp3) is 0.562. The quantitative estimate of drug-likeness (QED) is 0.268. The predicted molar refractivity (Wildman–Crippen MR) is 102 cm³/mol. The maximum absolute atomic E-state index is 12.1. The van der Waals surface area contributed by atoms with Crippen molar-refractivity contribution in [2.45, 2.75) is 26.5 Å². The molecule has 0 atom stereocenters. The van der Waals surface area contributed by atoms with Crippen LogP contribution in [0.15, 0.2) is 29.3 Å². The second-order valence-electron chi connectivity index (χ2n) is 4.96. The average molecular weight is 457 g/mol. The number of aliphatic imine (C=N–C) groups is 1. The molecule has 0 spiro atoms. The summed E-state index contributed by atoms with van der Waals surface area (Å²) in [5, 5.41) is 3.23. The molecule has 0 aliphatic carbocycles. The van der Waals surface area contributed by atoms with E-state index < -0.39 is 6.61 Å². The zero-order chi connectivity index (χ0) is 17.1. The van der Waals surface area contributed by atoms with E-state index in [2.05, 4.69) is 15.0 Å². The molecule has 1 N–H and O–H groups in total. The van der Waals surface area contributed by atoms with Crippen molar-refractivity contribution in [2.24, 2.45) is 4.99 Å². The molecule has 5 nitrogen and oxygen atoms in total. The van der Waals surface area contributed by atoms with E-state index >= 15 is 0 Å². The van der Waals surface area contributed by atoms with Gasteiger partial charge < -0.3 is 19.7 Å². The fourth-order valence-corrected chi connectivity index (χ4v) is 1.99. The van der Waals surface area contributed by atoms with Gasteiger partial charge in [-0.15, -0.1) is 24.0 Å². The summed E-state index contributed by atoms with van der Waals surface area (Å²) in [6.45, 7) is 1.96. The van der Waals surface area contributed by atoms with Crippen molar-refractivity contribution in [1.29, 1.82) is 0 Å². The molecular weight excluding hydrogens is 431 g/mol. The lowest BCUT2D eigenvalue weighted by Gasteiger charge is -2.22. The number of halogens is 3. The van der Waals surface area contributed by atoms with Crippen molar-refractivity contribution in [1.82, 2.24) is 10.2 Å². The van der Waals surface area contributed by atoms with Gasteiger partial charge in [0.2, 0.25) is 0 Å². The Bertz CT molecular complexity index is 473. The van der Waals surface area contributed by atoms with Crippen LogP contribution in [0.1, 0.15) is 18.9 Å². The van der Waals surface area contributed by atoms with Crippen molar-refractivity contribution in [3.05, 3.63) is 29.8 Å². The number of hydrogen-bond donors (Lipinski definition) is 1. The van der Waals surface area contributed by atoms with Gasteiger partial charge in [-0.1, -0.05) is 12.1 Å². The highest BCUT2D eigenvalue weighted by atomic mass is 127. The third-order valence-corrected chi connectivity index (χ3v) is 3.03. The molecule has 0 aromatic heterocycles. The van der Waals surface area contributed by atoms with E-state index in [1.165, 1.54) is 12.1 Å². The fourth-order valence-electron chi connectivity index (χ4n) is 1.99. The van der Waals surface area contributed by atoms with Crippen molar-refractivity contribution in [3.63, 3.8) is 0 Å². The van der Waals surface area contributed by atoms with E-state index in [0.29, 0.717) is 19.7 Å². The molecule has 0 unspecified atom stereocenters. The highest BCUT2D eigenvalue weighted by Crippen LogP contribution is 2.15. The molecule has 0 aliphatic heterocycles. The molecule has 0 saturated heterocycles. The molecule has 8 heteroatoms. The maximum Gasteiger partial charge on any atom is 0.387 e. The van der Waals surface area contributed by atoms with Gasteiger partial charge >= 0.3 is 6.61 Å². The predicted octanol–water partition coefficient (Wildman–Crippen LogP) is 3.34. The van der Waals surface area contributed by atoms with Crippen molar-refractivity contribution >= 4 is 29.9 Å². The van der Waals surface area contributed by atoms with Gasteiger partial charge in [0, 0.05) is 40.4 Å². The molecule has 0 radical (unpaired) electrons. The Morgan fingerprint density at radius 3 is 2.50 bits per heavy atom. The van der Waals surface area contributed by atoms with Gasteiger partial charge in [0.25, 0.3) is 0 Å². The van der Waals surface area contributed by atoms with Crippen LogP contribution < -0.4 is 10.1 Å². The Morgan fingerprint density at radius 1 is 1.29 bits per heavy atom. The van der Waals surface area contributed by atoms with E-state index in [4.69, 9.17) is 4.74 Å². The molecule has 0 aliphatic rings. The van der Waals surface area contributed by atoms with Crippen molar-refractivity contribution in [2.75, 3.05) is 33.9 Å². The van der Waals surface area contributed by atoms with E-state index in [0.717, 1.165) is 24.5 Å². The SMILES string of the molecule is CCNC(=NCCCOC)N(C)Cc1ccc(OC(F)F)cc1.I. The summed E-state index contributed by atoms with van der Waals surface area (Å²) in [6, 6.07) is 6.61. The second kappa shape index (κ2) is 13.2. The minimum atomic E-state index is -2.80. The minimum absolute atomic E-state index is 0. The summed E-state index contributed by atoms with van der Waals surface area (Å²) in [6.07, 6.45) is 0.860. The van der Waals surface area contributed by atoms with E-state index in [1.54, 1.807) is 19.2 Å². The first kappa shape index (κ1) is 22.8. The van der Waals surface area contributed by atoms with Crippen LogP contribution in [0.4, 0.5) is 8.78 Å². The Balaban J connectivity index is 0.00000529. The van der Waals surface area contributed by atoms with Crippen LogP contribution in [0.5, 0.6) is 5.75 Å². The number of rotatable bonds is 9. The largest absolute Gasteiger partial charge is 0.435 e. The minimum Gasteiger partial charge on any atom is -0.435 e. The number of hydrogen-bond acceptors (Lipinski definition) is 3. The first-order chi connectivity index (χ1) is 11.1. The summed E-state index contributed by atoms with van der Waals surface area (Å²) in [7, 11) is 3.60. The second-order valence-corrected chi connectivity index (χ2v) is 4.96. The first-order valence-electron chi connectivity index (χ1n) is 7.59. The lowest BCUT2D eigenvalue weighted by molar-refractivity contribution is -0.0498. The topological polar surface area (TPSA) is 46.1 Å². The van der Waals surface area contributed by atoms with Gasteiger partial charge in [0.1, 0.15) is 5.75 Å². The third kappa shape index (κ3) is 9.21. The molecule has 1 aromatic carbocycles. The van der Waals surface area contributed by atoms with Gasteiger partial charge in [-0.2, -0.15) is 8.78 Å². The van der Waals surface area contributed by atoms with Gasteiger partial charge in [-0.05, 0) is 31.0 Å². The van der Waals surface area contributed by atoms with Crippen LogP contribution in [0, 0.1) is 0 Å². The Kier molecular flexibility index (Phi) is 12.5. The molecular formula is C16H26F2IN3O2. The number of alkyl halides is 2. The molecule has 1 aromatic rings. The summed E-state index contributed by atoms with van der Waals surface area (Å²) < 4.78 is 33.6. The van der Waals surface area contributed by atoms with Crippen molar-refractivity contribution < 1.29 is 18.3 Å². The van der Waals surface area contributed by atoms with Gasteiger partial charge in [-0.25, -0.2) is 0 Å². The number of nitrogens with one attached hydrogen (secondary N) is 1. The summed E-state index contributed by atoms with van der Waals surface area (Å²) >= 11 is 0. The van der Waals surface area contributed by atoms with E-state index in [-0.39, 0.29) is 29.7 Å². The third-order valence-electron chi connectivity index (χ3n) is 3.03. The molecule has 138 valence electrons. The normalized spacial score (nSPS) is 11.2. The van der Waals surface area contributed by atoms with Gasteiger partial charge in [0.15, 0.2) is 5.96 Å². The van der Waals surface area contributed by atoms with Crippen LogP contribution in [0.2, 0.25) is 0 Å². The molecule has 0 fully saturated rings. The summed E-state index contributed by atoms with van der Waals surface area (Å²) in [5.74, 6) is 0.961. The highest BCUT2D eigenvalue weighted by molar-refractivity contribution is 14.0. The van der Waals surface area contributed by atoms with Gasteiger partial charge in [-0.3, -0.25) is 4.99 Å². The Morgan fingerprint density at radius 2 is 1.96 bits per heavy atom. The number of ether oxygens (including phenoxy) is 2.